The number of allylic oxidation sites excluding steroid dienone is 1. The Morgan fingerprint density at radius 1 is 1.26 bits per heavy atom. The van der Waals surface area contributed by atoms with E-state index >= 15 is 0 Å². The fraction of sp³-hybridized carbons (Fsp3) is 0.200. The zero-order valence-electron chi connectivity index (χ0n) is 14.8. The number of fused-ring (bicyclic) bond motifs is 2. The number of thiazole rings is 1. The Bertz CT molecular complexity index is 1080. The second kappa shape index (κ2) is 7.62. The van der Waals surface area contributed by atoms with E-state index in [1.807, 2.05) is 47.2 Å². The monoisotopic (exact) mass is 398 g/mol. The minimum absolute atomic E-state index is 0.260. The summed E-state index contributed by atoms with van der Waals surface area (Å²) in [4.78, 5) is 18.8. The molecule has 0 fully saturated rings. The molecule has 1 amide bonds. The Morgan fingerprint density at radius 3 is 2.63 bits per heavy atom. The Kier molecular flexibility index (Phi) is 5.05. The number of thioether (sulfide) groups is 1. The number of amides is 1. The summed E-state index contributed by atoms with van der Waals surface area (Å²) in [5.41, 5.74) is 1.52. The van der Waals surface area contributed by atoms with Gasteiger partial charge in [0.15, 0.2) is 16.3 Å². The van der Waals surface area contributed by atoms with Crippen molar-refractivity contribution in [1.82, 2.24) is 4.57 Å². The second-order valence-corrected chi connectivity index (χ2v) is 7.78. The van der Waals surface area contributed by atoms with Crippen LogP contribution in [0.2, 0.25) is 0 Å². The smallest absolute Gasteiger partial charge is 0.279 e. The first kappa shape index (κ1) is 17.9. The molecule has 138 valence electrons. The maximum atomic E-state index is 12.6. The van der Waals surface area contributed by atoms with E-state index in [1.165, 1.54) is 11.3 Å². The van der Waals surface area contributed by atoms with Crippen LogP contribution >= 0.6 is 23.1 Å². The van der Waals surface area contributed by atoms with E-state index in [0.29, 0.717) is 30.1 Å². The van der Waals surface area contributed by atoms with Crippen LogP contribution in [-0.2, 0) is 6.54 Å². The lowest BCUT2D eigenvalue weighted by molar-refractivity contribution is 0.0998. The van der Waals surface area contributed by atoms with Gasteiger partial charge in [0.1, 0.15) is 13.2 Å². The molecule has 0 aliphatic carbocycles. The number of aromatic nitrogens is 1. The molecule has 5 nitrogen and oxygen atoms in total. The third-order valence-electron chi connectivity index (χ3n) is 4.19. The van der Waals surface area contributed by atoms with Gasteiger partial charge in [-0.05, 0) is 30.5 Å². The van der Waals surface area contributed by atoms with Crippen molar-refractivity contribution in [2.75, 3.05) is 19.5 Å². The minimum Gasteiger partial charge on any atom is -0.486 e. The number of hydrogen-bond acceptors (Lipinski definition) is 5. The van der Waals surface area contributed by atoms with Gasteiger partial charge in [-0.15, -0.1) is 18.3 Å². The van der Waals surface area contributed by atoms with E-state index in [0.717, 1.165) is 26.6 Å². The molecule has 1 aliphatic heterocycles. The average Bonchev–Trinajstić information content (AvgIpc) is 3.02. The Balaban J connectivity index is 1.81. The van der Waals surface area contributed by atoms with Gasteiger partial charge in [0.05, 0.1) is 10.2 Å². The van der Waals surface area contributed by atoms with Crippen LogP contribution in [0, 0.1) is 0 Å². The summed E-state index contributed by atoms with van der Waals surface area (Å²) in [6, 6.07) is 11.4. The molecule has 1 aliphatic rings. The number of benzene rings is 2. The molecule has 7 heteroatoms. The van der Waals surface area contributed by atoms with Crippen LogP contribution in [0.4, 0.5) is 0 Å². The molecule has 2 aromatic carbocycles. The normalized spacial score (nSPS) is 13.7. The fourth-order valence-electron chi connectivity index (χ4n) is 2.88. The van der Waals surface area contributed by atoms with Crippen LogP contribution in [0.5, 0.6) is 11.5 Å². The summed E-state index contributed by atoms with van der Waals surface area (Å²) in [7, 11) is 0. The van der Waals surface area contributed by atoms with Crippen LogP contribution in [0.15, 0.2) is 58.9 Å². The van der Waals surface area contributed by atoms with E-state index in [1.54, 1.807) is 17.8 Å². The molecule has 0 spiro atoms. The van der Waals surface area contributed by atoms with Gasteiger partial charge in [-0.1, -0.05) is 17.4 Å². The molecule has 0 N–H and O–H groups in total. The zero-order chi connectivity index (χ0) is 18.8. The molecule has 4 rings (SSSR count). The topological polar surface area (TPSA) is 52.8 Å². The number of carbonyl (C=O) groups is 1. The van der Waals surface area contributed by atoms with Gasteiger partial charge in [-0.25, -0.2) is 0 Å². The van der Waals surface area contributed by atoms with E-state index < -0.39 is 0 Å². The van der Waals surface area contributed by atoms with Crippen molar-refractivity contribution in [2.24, 2.45) is 4.99 Å². The molecule has 27 heavy (non-hydrogen) atoms. The van der Waals surface area contributed by atoms with Gasteiger partial charge >= 0.3 is 0 Å². The van der Waals surface area contributed by atoms with Crippen molar-refractivity contribution < 1.29 is 14.3 Å². The lowest BCUT2D eigenvalue weighted by Crippen LogP contribution is -2.17. The number of carbonyl (C=O) groups excluding carboxylic acids is 1. The molecular formula is C20H18N2O3S2. The van der Waals surface area contributed by atoms with E-state index in [4.69, 9.17) is 9.47 Å². The van der Waals surface area contributed by atoms with Crippen molar-refractivity contribution in [1.29, 1.82) is 0 Å². The largest absolute Gasteiger partial charge is 0.486 e. The molecule has 0 bridgehead atoms. The number of ether oxygens (including phenoxy) is 2. The third-order valence-corrected chi connectivity index (χ3v) is 5.98. The highest BCUT2D eigenvalue weighted by Crippen LogP contribution is 2.35. The first-order valence-corrected chi connectivity index (χ1v) is 10.5. The Hall–Kier alpha value is -2.51. The van der Waals surface area contributed by atoms with Gasteiger partial charge in [-0.2, -0.15) is 4.99 Å². The van der Waals surface area contributed by atoms with Crippen molar-refractivity contribution in [3.63, 3.8) is 0 Å². The molecule has 0 atom stereocenters. The summed E-state index contributed by atoms with van der Waals surface area (Å²) in [5.74, 6) is 1.19. The lowest BCUT2D eigenvalue weighted by atomic mass is 10.2. The van der Waals surface area contributed by atoms with Gasteiger partial charge in [0.25, 0.3) is 5.91 Å². The minimum atomic E-state index is -0.260. The molecule has 1 aromatic heterocycles. The van der Waals surface area contributed by atoms with E-state index in [9.17, 15) is 4.79 Å². The molecule has 0 saturated carbocycles. The third kappa shape index (κ3) is 3.52. The molecule has 2 heterocycles. The van der Waals surface area contributed by atoms with E-state index in [2.05, 4.69) is 11.6 Å². The van der Waals surface area contributed by atoms with Crippen LogP contribution in [0.3, 0.4) is 0 Å². The van der Waals surface area contributed by atoms with Crippen molar-refractivity contribution >= 4 is 39.2 Å². The first-order valence-electron chi connectivity index (χ1n) is 8.46. The maximum Gasteiger partial charge on any atom is 0.279 e. The quantitative estimate of drug-likeness (QED) is 0.490. The highest BCUT2D eigenvalue weighted by molar-refractivity contribution is 7.98. The summed E-state index contributed by atoms with van der Waals surface area (Å²) in [6.07, 6.45) is 3.80. The Morgan fingerprint density at radius 2 is 1.96 bits per heavy atom. The van der Waals surface area contributed by atoms with Gasteiger partial charge in [0.2, 0.25) is 0 Å². The summed E-state index contributed by atoms with van der Waals surface area (Å²) in [5, 5.41) is 0. The van der Waals surface area contributed by atoms with Crippen molar-refractivity contribution in [3.05, 3.63) is 59.4 Å². The highest BCUT2D eigenvalue weighted by Gasteiger charge is 2.16. The molecule has 0 saturated heterocycles. The van der Waals surface area contributed by atoms with Crippen LogP contribution in [0.25, 0.3) is 10.2 Å². The van der Waals surface area contributed by atoms with Gasteiger partial charge < -0.3 is 14.0 Å². The van der Waals surface area contributed by atoms with Gasteiger partial charge in [-0.3, -0.25) is 4.79 Å². The molecular weight excluding hydrogens is 380 g/mol. The van der Waals surface area contributed by atoms with Crippen LogP contribution < -0.4 is 14.3 Å². The summed E-state index contributed by atoms with van der Waals surface area (Å²) in [6.45, 7) is 5.45. The second-order valence-electron chi connectivity index (χ2n) is 5.89. The number of nitrogens with zero attached hydrogens (tertiary/aromatic N) is 2. The van der Waals surface area contributed by atoms with E-state index in [-0.39, 0.29) is 5.91 Å². The summed E-state index contributed by atoms with van der Waals surface area (Å²) < 4.78 is 14.3. The first-order chi connectivity index (χ1) is 13.2. The standard InChI is InChI=1S/C20H18N2O3S2/c1-3-8-22-15-11-16-17(25-10-9-24-16)12-18(15)27-20(22)21-19(23)13-4-6-14(26-2)7-5-13/h3-7,11-12H,1,8-10H2,2H3. The number of rotatable bonds is 4. The van der Waals surface area contributed by atoms with Crippen LogP contribution in [-0.4, -0.2) is 29.9 Å². The van der Waals surface area contributed by atoms with Crippen molar-refractivity contribution in [2.45, 2.75) is 11.4 Å². The predicted octanol–water partition coefficient (Wildman–Crippen LogP) is 4.12. The van der Waals surface area contributed by atoms with Gasteiger partial charge in [0, 0.05) is 29.1 Å². The zero-order valence-corrected chi connectivity index (χ0v) is 16.4. The molecule has 0 unspecified atom stereocenters. The molecule has 3 aromatic rings. The lowest BCUT2D eigenvalue weighted by Gasteiger charge is -2.18. The number of hydrogen-bond donors (Lipinski definition) is 0. The Labute approximate surface area is 165 Å². The highest BCUT2D eigenvalue weighted by atomic mass is 32.2. The average molecular weight is 399 g/mol. The van der Waals surface area contributed by atoms with Crippen LogP contribution in [0.1, 0.15) is 10.4 Å². The summed E-state index contributed by atoms with van der Waals surface area (Å²) >= 11 is 3.09. The molecule has 0 radical (unpaired) electrons. The fourth-order valence-corrected chi connectivity index (χ4v) is 4.34. The maximum absolute atomic E-state index is 12.6. The SMILES string of the molecule is C=CCn1c(=NC(=O)c2ccc(SC)cc2)sc2cc3c(cc21)OCCO3. The van der Waals surface area contributed by atoms with Crippen molar-refractivity contribution in [3.8, 4) is 11.5 Å². The predicted molar refractivity (Wildman–Crippen MR) is 109 cm³/mol.